The molecule has 0 fully saturated rings. The number of nitrogens with one attached hydrogen (secondary N) is 3. The molecule has 0 radical (unpaired) electrons. The Labute approximate surface area is 233 Å². The maximum Gasteiger partial charge on any atom is 0.263 e. The molecule has 0 heterocycles. The number of sulfonamides is 1. The summed E-state index contributed by atoms with van der Waals surface area (Å²) < 4.78 is 28.9. The highest BCUT2D eigenvalue weighted by molar-refractivity contribution is 7.92. The monoisotopic (exact) mass is 561 g/mol. The number of para-hydroxylation sites is 1. The van der Waals surface area contributed by atoms with Gasteiger partial charge in [0.05, 0.1) is 22.3 Å². The Morgan fingerprint density at radius 1 is 0.795 bits per heavy atom. The van der Waals surface area contributed by atoms with E-state index < -0.39 is 15.9 Å². The number of carbonyl (C=O) groups is 2. The van der Waals surface area contributed by atoms with E-state index in [1.807, 2.05) is 57.2 Å². The first-order valence-corrected chi connectivity index (χ1v) is 14.1. The highest BCUT2D eigenvalue weighted by Gasteiger charge is 2.22. The number of anilines is 2. The van der Waals surface area contributed by atoms with Gasteiger partial charge in [0, 0.05) is 11.3 Å². The molecule has 9 heteroatoms. The van der Waals surface area contributed by atoms with Crippen molar-refractivity contribution < 1.29 is 18.0 Å². The average molecular weight is 562 g/mol. The van der Waals surface area contributed by atoms with E-state index in [1.165, 1.54) is 18.2 Å². The molecule has 4 aromatic rings. The minimum atomic E-state index is -4.09. The number of hydrogen-bond acceptors (Lipinski definition) is 4. The molecule has 0 aliphatic rings. The van der Waals surface area contributed by atoms with Crippen molar-refractivity contribution in [3.63, 3.8) is 0 Å². The fourth-order valence-corrected chi connectivity index (χ4v) is 5.75. The van der Waals surface area contributed by atoms with Crippen LogP contribution < -0.4 is 15.4 Å². The van der Waals surface area contributed by atoms with Gasteiger partial charge in [0.2, 0.25) is 0 Å². The summed E-state index contributed by atoms with van der Waals surface area (Å²) in [5.41, 5.74) is 3.74. The molecule has 1 atom stereocenters. The van der Waals surface area contributed by atoms with Crippen molar-refractivity contribution in [2.24, 2.45) is 0 Å². The van der Waals surface area contributed by atoms with Crippen molar-refractivity contribution in [1.82, 2.24) is 5.32 Å². The Balaban J connectivity index is 1.55. The van der Waals surface area contributed by atoms with Gasteiger partial charge in [0.1, 0.15) is 4.90 Å². The van der Waals surface area contributed by atoms with Crippen molar-refractivity contribution >= 4 is 44.8 Å². The smallest absolute Gasteiger partial charge is 0.263 e. The summed E-state index contributed by atoms with van der Waals surface area (Å²) in [5, 5.41) is 5.63. The van der Waals surface area contributed by atoms with Gasteiger partial charge in [-0.15, -0.1) is 0 Å². The summed E-state index contributed by atoms with van der Waals surface area (Å²) in [7, 11) is -4.09. The lowest BCUT2D eigenvalue weighted by Gasteiger charge is -2.17. The molecule has 0 aliphatic heterocycles. The molecule has 4 aromatic carbocycles. The minimum absolute atomic E-state index is 0.0295. The number of aryl methyl sites for hydroxylation is 2. The van der Waals surface area contributed by atoms with Gasteiger partial charge in [-0.1, -0.05) is 60.1 Å². The molecule has 0 aromatic heterocycles. The van der Waals surface area contributed by atoms with Crippen LogP contribution in [0.15, 0.2) is 95.9 Å². The van der Waals surface area contributed by atoms with Crippen LogP contribution in [0, 0.1) is 13.8 Å². The van der Waals surface area contributed by atoms with E-state index in [1.54, 1.807) is 36.4 Å². The molecular weight excluding hydrogens is 534 g/mol. The first kappa shape index (κ1) is 27.9. The summed E-state index contributed by atoms with van der Waals surface area (Å²) in [4.78, 5) is 26.0. The highest BCUT2D eigenvalue weighted by atomic mass is 35.5. The fraction of sp³-hybridized carbons (Fsp3) is 0.133. The largest absolute Gasteiger partial charge is 0.345 e. The van der Waals surface area contributed by atoms with Crippen LogP contribution in [0.3, 0.4) is 0 Å². The van der Waals surface area contributed by atoms with Gasteiger partial charge in [-0.2, -0.15) is 0 Å². The number of carbonyl (C=O) groups excluding carboxylic acids is 2. The number of halogens is 1. The van der Waals surface area contributed by atoms with E-state index in [-0.39, 0.29) is 38.7 Å². The zero-order valence-corrected chi connectivity index (χ0v) is 23.2. The maximum atomic E-state index is 13.2. The topological polar surface area (TPSA) is 104 Å². The van der Waals surface area contributed by atoms with Gasteiger partial charge >= 0.3 is 0 Å². The second-order valence-electron chi connectivity index (χ2n) is 9.23. The molecule has 39 heavy (non-hydrogen) atoms. The molecule has 7 nitrogen and oxygen atoms in total. The third kappa shape index (κ3) is 6.85. The molecule has 0 saturated heterocycles. The molecule has 0 saturated carbocycles. The lowest BCUT2D eigenvalue weighted by Crippen LogP contribution is -2.28. The fourth-order valence-electron chi connectivity index (χ4n) is 4.18. The quantitative estimate of drug-likeness (QED) is 0.228. The molecule has 200 valence electrons. The van der Waals surface area contributed by atoms with Crippen LogP contribution >= 0.6 is 11.6 Å². The zero-order chi connectivity index (χ0) is 28.2. The van der Waals surface area contributed by atoms with E-state index in [4.69, 9.17) is 11.6 Å². The van der Waals surface area contributed by atoms with Crippen LogP contribution in [-0.4, -0.2) is 20.2 Å². The number of benzene rings is 4. The summed E-state index contributed by atoms with van der Waals surface area (Å²) in [6.07, 6.45) is 0. The van der Waals surface area contributed by atoms with Crippen LogP contribution in [0.5, 0.6) is 0 Å². The molecule has 4 rings (SSSR count). The highest BCUT2D eigenvalue weighted by Crippen LogP contribution is 2.27. The van der Waals surface area contributed by atoms with E-state index >= 15 is 0 Å². The number of hydrogen-bond donors (Lipinski definition) is 3. The number of rotatable bonds is 8. The third-order valence-electron chi connectivity index (χ3n) is 6.02. The minimum Gasteiger partial charge on any atom is -0.345 e. The van der Waals surface area contributed by atoms with Gasteiger partial charge < -0.3 is 10.6 Å². The Morgan fingerprint density at radius 2 is 1.44 bits per heavy atom. The molecule has 0 spiro atoms. The second kappa shape index (κ2) is 11.7. The van der Waals surface area contributed by atoms with Crippen LogP contribution in [0.2, 0.25) is 5.02 Å². The van der Waals surface area contributed by atoms with Crippen LogP contribution in [0.25, 0.3) is 0 Å². The van der Waals surface area contributed by atoms with Crippen molar-refractivity contribution in [3.05, 3.63) is 124 Å². The molecule has 0 aliphatic carbocycles. The molecule has 2 amide bonds. The summed E-state index contributed by atoms with van der Waals surface area (Å²) in [6, 6.07) is 25.2. The third-order valence-corrected chi connectivity index (χ3v) is 7.89. The molecule has 3 N–H and O–H groups in total. The van der Waals surface area contributed by atoms with Gasteiger partial charge in [0.25, 0.3) is 21.8 Å². The van der Waals surface area contributed by atoms with Crippen LogP contribution in [0.1, 0.15) is 50.4 Å². The van der Waals surface area contributed by atoms with Gasteiger partial charge in [-0.25, -0.2) is 8.42 Å². The molecule has 0 bridgehead atoms. The SMILES string of the molecule is Cc1cc(C)cc(NS(=O)(=O)c2cc(C(=O)Nc3ccccc3C(=O)N[C@H](C)c3ccccc3)ccc2Cl)c1. The van der Waals surface area contributed by atoms with Crippen LogP contribution in [0.4, 0.5) is 11.4 Å². The summed E-state index contributed by atoms with van der Waals surface area (Å²) >= 11 is 6.24. The lowest BCUT2D eigenvalue weighted by molar-refractivity contribution is 0.0940. The van der Waals surface area contributed by atoms with E-state index in [0.717, 1.165) is 16.7 Å². The first-order valence-electron chi connectivity index (χ1n) is 12.2. The van der Waals surface area contributed by atoms with E-state index in [0.29, 0.717) is 5.69 Å². The van der Waals surface area contributed by atoms with Gasteiger partial charge in [0.15, 0.2) is 0 Å². The Morgan fingerprint density at radius 3 is 2.13 bits per heavy atom. The van der Waals surface area contributed by atoms with Crippen molar-refractivity contribution in [3.8, 4) is 0 Å². The van der Waals surface area contributed by atoms with Crippen molar-refractivity contribution in [1.29, 1.82) is 0 Å². The van der Waals surface area contributed by atoms with Crippen LogP contribution in [-0.2, 0) is 10.0 Å². The summed E-state index contributed by atoms with van der Waals surface area (Å²) in [5.74, 6) is -0.954. The first-order chi connectivity index (χ1) is 18.5. The number of amides is 2. The average Bonchev–Trinajstić information content (AvgIpc) is 2.88. The lowest BCUT2D eigenvalue weighted by atomic mass is 10.1. The Kier molecular flexibility index (Phi) is 8.38. The molecule has 0 unspecified atom stereocenters. The Hall–Kier alpha value is -4.14. The normalized spacial score (nSPS) is 11.9. The van der Waals surface area contributed by atoms with Gasteiger partial charge in [-0.05, 0) is 79.9 Å². The predicted octanol–water partition coefficient (Wildman–Crippen LogP) is 6.50. The van der Waals surface area contributed by atoms with Crippen molar-refractivity contribution in [2.45, 2.75) is 31.7 Å². The summed E-state index contributed by atoms with van der Waals surface area (Å²) in [6.45, 7) is 5.60. The van der Waals surface area contributed by atoms with E-state index in [9.17, 15) is 18.0 Å². The molecular formula is C30H28ClN3O4S. The van der Waals surface area contributed by atoms with E-state index in [2.05, 4.69) is 15.4 Å². The Bertz CT molecular complexity index is 1620. The standard InChI is InChI=1S/C30H28ClN3O4S/c1-19-15-20(2)17-24(16-19)34-39(37,38)28-18-23(13-14-26(28)31)29(35)33-27-12-8-7-11-25(27)30(36)32-21(3)22-9-5-4-6-10-22/h4-18,21,34H,1-3H3,(H,32,36)(H,33,35)/t21-/m1/s1. The maximum absolute atomic E-state index is 13.2. The van der Waals surface area contributed by atoms with Gasteiger partial charge in [-0.3, -0.25) is 14.3 Å². The zero-order valence-electron chi connectivity index (χ0n) is 21.7. The van der Waals surface area contributed by atoms with Crippen molar-refractivity contribution in [2.75, 3.05) is 10.0 Å². The second-order valence-corrected chi connectivity index (χ2v) is 11.3. The predicted molar refractivity (Wildman–Crippen MR) is 155 cm³/mol.